The Morgan fingerprint density at radius 1 is 1.14 bits per heavy atom. The van der Waals surface area contributed by atoms with Crippen molar-refractivity contribution in [1.82, 2.24) is 0 Å². The monoisotopic (exact) mass is 434 g/mol. The molecule has 8 heteroatoms. The van der Waals surface area contributed by atoms with Gasteiger partial charge in [0, 0.05) is 18.7 Å². The van der Waals surface area contributed by atoms with Crippen LogP contribution in [0, 0.1) is 19.8 Å². The van der Waals surface area contributed by atoms with Crippen molar-refractivity contribution in [3.63, 3.8) is 0 Å². The predicted octanol–water partition coefficient (Wildman–Crippen LogP) is 4.15. The molecule has 0 spiro atoms. The van der Waals surface area contributed by atoms with Gasteiger partial charge in [0.05, 0.1) is 21.7 Å². The summed E-state index contributed by atoms with van der Waals surface area (Å²) in [6.07, 6.45) is 0.0455. The van der Waals surface area contributed by atoms with Crippen molar-refractivity contribution < 1.29 is 19.1 Å². The maximum Gasteiger partial charge on any atom is 0.311 e. The van der Waals surface area contributed by atoms with E-state index in [0.717, 1.165) is 16.8 Å². The molecule has 2 aromatic rings. The van der Waals surface area contributed by atoms with Crippen molar-refractivity contribution in [2.45, 2.75) is 20.3 Å². The number of rotatable bonds is 5. The summed E-state index contributed by atoms with van der Waals surface area (Å²) in [4.78, 5) is 38.3. The number of carbonyl (C=O) groups is 3. The summed E-state index contributed by atoms with van der Waals surface area (Å²) in [5, 5.41) is 3.17. The Balaban J connectivity index is 1.56. The number of amides is 2. The summed E-state index contributed by atoms with van der Waals surface area (Å²) in [5.74, 6) is -1.93. The van der Waals surface area contributed by atoms with Crippen LogP contribution in [-0.2, 0) is 19.1 Å². The number of nitrogens with zero attached hydrogens (tertiary/aromatic N) is 1. The average Bonchev–Trinajstić information content (AvgIpc) is 3.08. The molecule has 0 radical (unpaired) electrons. The second kappa shape index (κ2) is 8.84. The number of benzene rings is 2. The summed E-state index contributed by atoms with van der Waals surface area (Å²) in [5.41, 5.74) is 2.84. The highest BCUT2D eigenvalue weighted by Crippen LogP contribution is 2.33. The summed E-state index contributed by atoms with van der Waals surface area (Å²) < 4.78 is 5.11. The first kappa shape index (κ1) is 21.1. The number of anilines is 2. The van der Waals surface area contributed by atoms with E-state index in [1.807, 2.05) is 31.2 Å². The maximum atomic E-state index is 12.3. The molecule has 6 nitrogen and oxygen atoms in total. The highest BCUT2D eigenvalue weighted by molar-refractivity contribution is 6.40. The topological polar surface area (TPSA) is 75.7 Å². The van der Waals surface area contributed by atoms with Gasteiger partial charge in [0.2, 0.25) is 5.91 Å². The van der Waals surface area contributed by atoms with Crippen molar-refractivity contribution in [3.05, 3.63) is 57.6 Å². The first-order valence-corrected chi connectivity index (χ1v) is 9.80. The summed E-state index contributed by atoms with van der Waals surface area (Å²) in [6.45, 7) is 3.47. The SMILES string of the molecule is Cc1ccc(N2CC(C(=O)OCC(=O)Nc3c(Cl)ccc(C)c3Cl)CC2=O)cc1. The van der Waals surface area contributed by atoms with E-state index in [0.29, 0.717) is 5.02 Å². The molecule has 1 saturated heterocycles. The molecular formula is C21H20Cl2N2O4. The van der Waals surface area contributed by atoms with Crippen LogP contribution in [0.3, 0.4) is 0 Å². The van der Waals surface area contributed by atoms with Crippen LogP contribution in [0.4, 0.5) is 11.4 Å². The molecule has 2 aromatic carbocycles. The number of carbonyl (C=O) groups excluding carboxylic acids is 3. The number of aryl methyl sites for hydroxylation is 2. The van der Waals surface area contributed by atoms with Crippen molar-refractivity contribution in [2.24, 2.45) is 5.92 Å². The molecule has 2 amide bonds. The second-order valence-corrected chi connectivity index (χ2v) is 7.74. The normalized spacial score (nSPS) is 16.1. The van der Waals surface area contributed by atoms with E-state index in [2.05, 4.69) is 5.32 Å². The van der Waals surface area contributed by atoms with E-state index < -0.39 is 24.4 Å². The van der Waals surface area contributed by atoms with Crippen molar-refractivity contribution in [2.75, 3.05) is 23.4 Å². The molecule has 29 heavy (non-hydrogen) atoms. The lowest BCUT2D eigenvalue weighted by molar-refractivity contribution is -0.151. The Morgan fingerprint density at radius 3 is 2.52 bits per heavy atom. The van der Waals surface area contributed by atoms with Crippen LogP contribution >= 0.6 is 23.2 Å². The van der Waals surface area contributed by atoms with Crippen LogP contribution in [0.1, 0.15) is 17.5 Å². The van der Waals surface area contributed by atoms with Crippen molar-refractivity contribution in [1.29, 1.82) is 0 Å². The molecule has 1 aliphatic rings. The lowest BCUT2D eigenvalue weighted by Crippen LogP contribution is -2.28. The maximum absolute atomic E-state index is 12.3. The van der Waals surface area contributed by atoms with E-state index in [1.165, 1.54) is 0 Å². The van der Waals surface area contributed by atoms with Crippen molar-refractivity contribution in [3.8, 4) is 0 Å². The fourth-order valence-corrected chi connectivity index (χ4v) is 3.51. The van der Waals surface area contributed by atoms with Gasteiger partial charge in [-0.2, -0.15) is 0 Å². The minimum Gasteiger partial charge on any atom is -0.455 e. The van der Waals surface area contributed by atoms with Gasteiger partial charge < -0.3 is 15.0 Å². The molecule has 1 aliphatic heterocycles. The van der Waals surface area contributed by atoms with Crippen LogP contribution in [0.5, 0.6) is 0 Å². The highest BCUT2D eigenvalue weighted by atomic mass is 35.5. The molecular weight excluding hydrogens is 415 g/mol. The van der Waals surface area contributed by atoms with E-state index in [9.17, 15) is 14.4 Å². The summed E-state index contributed by atoms with van der Waals surface area (Å²) >= 11 is 12.2. The van der Waals surface area contributed by atoms with E-state index in [-0.39, 0.29) is 29.6 Å². The van der Waals surface area contributed by atoms with E-state index >= 15 is 0 Å². The van der Waals surface area contributed by atoms with Gasteiger partial charge in [-0.05, 0) is 37.6 Å². The van der Waals surface area contributed by atoms with Gasteiger partial charge in [0.1, 0.15) is 0 Å². The van der Waals surface area contributed by atoms with Gasteiger partial charge in [-0.1, -0.05) is 47.0 Å². The Bertz CT molecular complexity index is 960. The first-order valence-electron chi connectivity index (χ1n) is 9.04. The van der Waals surface area contributed by atoms with Crippen LogP contribution in [-0.4, -0.2) is 30.9 Å². The highest BCUT2D eigenvalue weighted by Gasteiger charge is 2.36. The molecule has 0 saturated carbocycles. The predicted molar refractivity (Wildman–Crippen MR) is 112 cm³/mol. The Morgan fingerprint density at radius 2 is 1.83 bits per heavy atom. The quantitative estimate of drug-likeness (QED) is 0.717. The minimum atomic E-state index is -0.622. The smallest absolute Gasteiger partial charge is 0.311 e. The molecule has 0 aromatic heterocycles. The van der Waals surface area contributed by atoms with E-state index in [4.69, 9.17) is 27.9 Å². The van der Waals surface area contributed by atoms with Crippen LogP contribution in [0.2, 0.25) is 10.0 Å². The third-order valence-electron chi connectivity index (χ3n) is 4.70. The van der Waals surface area contributed by atoms with Gasteiger partial charge in [-0.25, -0.2) is 0 Å². The lowest BCUT2D eigenvalue weighted by Gasteiger charge is -2.16. The number of ether oxygens (including phenoxy) is 1. The van der Waals surface area contributed by atoms with Gasteiger partial charge >= 0.3 is 5.97 Å². The fourth-order valence-electron chi connectivity index (χ4n) is 3.04. The van der Waals surface area contributed by atoms with Crippen LogP contribution < -0.4 is 10.2 Å². The molecule has 0 aliphatic carbocycles. The zero-order valence-corrected chi connectivity index (χ0v) is 17.5. The number of hydrogen-bond acceptors (Lipinski definition) is 4. The first-order chi connectivity index (χ1) is 13.8. The molecule has 1 fully saturated rings. The zero-order valence-electron chi connectivity index (χ0n) is 16.0. The number of halogens is 2. The molecule has 1 heterocycles. The van der Waals surface area contributed by atoms with Gasteiger partial charge in [0.15, 0.2) is 6.61 Å². The van der Waals surface area contributed by atoms with Crippen molar-refractivity contribution >= 4 is 52.4 Å². The average molecular weight is 435 g/mol. The standard InChI is InChI=1S/C21H20Cl2N2O4/c1-12-3-6-15(7-4-12)25-10-14(9-18(25)27)21(28)29-11-17(26)24-20-16(22)8-5-13(2)19(20)23/h3-8,14H,9-11H2,1-2H3,(H,24,26). The molecule has 1 atom stereocenters. The van der Waals surface area contributed by atoms with Gasteiger partial charge in [0.25, 0.3) is 5.91 Å². The Hall–Kier alpha value is -2.57. The minimum absolute atomic E-state index is 0.0455. The summed E-state index contributed by atoms with van der Waals surface area (Å²) in [6, 6.07) is 10.8. The third kappa shape index (κ3) is 4.89. The second-order valence-electron chi connectivity index (χ2n) is 6.95. The molecule has 0 bridgehead atoms. The van der Waals surface area contributed by atoms with Gasteiger partial charge in [-0.3, -0.25) is 14.4 Å². The van der Waals surface area contributed by atoms with Crippen LogP contribution in [0.25, 0.3) is 0 Å². The molecule has 3 rings (SSSR count). The number of hydrogen-bond donors (Lipinski definition) is 1. The third-order valence-corrected chi connectivity index (χ3v) is 5.50. The van der Waals surface area contributed by atoms with E-state index in [1.54, 1.807) is 24.0 Å². The van der Waals surface area contributed by atoms with Crippen LogP contribution in [0.15, 0.2) is 36.4 Å². The Labute approximate surface area is 178 Å². The Kier molecular flexibility index (Phi) is 6.45. The van der Waals surface area contributed by atoms with Gasteiger partial charge in [-0.15, -0.1) is 0 Å². The molecule has 152 valence electrons. The largest absolute Gasteiger partial charge is 0.455 e. The zero-order chi connectivity index (χ0) is 21.1. The number of nitrogens with one attached hydrogen (secondary N) is 1. The number of esters is 1. The summed E-state index contributed by atoms with van der Waals surface area (Å²) in [7, 11) is 0. The fraction of sp³-hybridized carbons (Fsp3) is 0.286. The lowest BCUT2D eigenvalue weighted by atomic mass is 10.1. The molecule has 1 N–H and O–H groups in total. The molecule has 1 unspecified atom stereocenters.